The number of hydrogen-bond acceptors (Lipinski definition) is 9. The van der Waals surface area contributed by atoms with E-state index in [0.717, 1.165) is 27.6 Å². The van der Waals surface area contributed by atoms with Gasteiger partial charge in [0.25, 0.3) is 17.7 Å². The topological polar surface area (TPSA) is 138 Å². The van der Waals surface area contributed by atoms with Crippen molar-refractivity contribution in [1.29, 1.82) is 0 Å². The Bertz CT molecular complexity index is 3070. The Balaban J connectivity index is 1.03. The van der Waals surface area contributed by atoms with Crippen molar-refractivity contribution in [2.24, 2.45) is 5.92 Å². The zero-order valence-corrected chi connectivity index (χ0v) is 40.5. The second-order valence-corrected chi connectivity index (χ2v) is 24.1. The predicted molar refractivity (Wildman–Crippen MR) is 268 cm³/mol. The molecule has 1 fully saturated rings. The molecule has 70 heavy (non-hydrogen) atoms. The van der Waals surface area contributed by atoms with Gasteiger partial charge in [-0.05, 0) is 95.4 Å². The lowest BCUT2D eigenvalue weighted by atomic mass is 9.82. The number of anilines is 5. The molecule has 356 valence electrons. The van der Waals surface area contributed by atoms with Crippen LogP contribution < -0.4 is 34.1 Å². The smallest absolute Gasteiger partial charge is 0.269 e. The first kappa shape index (κ1) is 45.2. The molecule has 5 atom stereocenters. The second kappa shape index (κ2) is 17.6. The van der Waals surface area contributed by atoms with Gasteiger partial charge in [-0.2, -0.15) is 0 Å². The third kappa shape index (κ3) is 7.35. The fraction of sp³-hybridized carbons (Fsp3) is 0.286. The number of carbonyl (C=O) groups is 4. The number of ether oxygens (including phenoxy) is 4. The minimum Gasteiger partial charge on any atom is -0.497 e. The van der Waals surface area contributed by atoms with Crippen molar-refractivity contribution in [3.05, 3.63) is 162 Å². The molecule has 11 rings (SSSR count). The fourth-order valence-corrected chi connectivity index (χ4v) is 15.9. The Hall–Kier alpha value is -7.26. The number of rotatable bonds is 10. The third-order valence-electron chi connectivity index (χ3n) is 15.3. The number of hydrogen-bond donors (Lipinski definition) is 1. The van der Waals surface area contributed by atoms with Gasteiger partial charge < -0.3 is 33.9 Å². The van der Waals surface area contributed by atoms with Gasteiger partial charge in [-0.3, -0.25) is 29.0 Å². The molecule has 5 aliphatic heterocycles. The second-order valence-electron chi connectivity index (χ2n) is 19.4. The Morgan fingerprint density at radius 3 is 2.03 bits per heavy atom. The van der Waals surface area contributed by atoms with E-state index in [-0.39, 0.29) is 62.0 Å². The summed E-state index contributed by atoms with van der Waals surface area (Å²) in [6.07, 6.45) is -0.207. The van der Waals surface area contributed by atoms with Gasteiger partial charge in [-0.15, -0.1) is 0 Å². The summed E-state index contributed by atoms with van der Waals surface area (Å²) >= 11 is 0. The number of benzene rings is 6. The molecule has 0 unspecified atom stereocenters. The molecule has 1 saturated heterocycles. The molecule has 1 spiro atoms. The molecular formula is C56H54N4O9Si. The lowest BCUT2D eigenvalue weighted by Crippen LogP contribution is -2.52. The summed E-state index contributed by atoms with van der Waals surface area (Å²) < 4.78 is 24.7. The van der Waals surface area contributed by atoms with Crippen molar-refractivity contribution in [2.75, 3.05) is 41.6 Å². The maximum atomic E-state index is 16.1. The van der Waals surface area contributed by atoms with E-state index in [1.165, 1.54) is 0 Å². The highest BCUT2D eigenvalue weighted by molar-refractivity contribution is 6.91. The van der Waals surface area contributed by atoms with Gasteiger partial charge in [0.05, 0.1) is 64.0 Å². The lowest BCUT2D eigenvalue weighted by molar-refractivity contribution is -0.151. The number of aliphatic hydroxyl groups excluding tert-OH is 1. The molecule has 5 heterocycles. The lowest BCUT2D eigenvalue weighted by Gasteiger charge is -2.39. The van der Waals surface area contributed by atoms with E-state index in [1.807, 2.05) is 127 Å². The Kier molecular flexibility index (Phi) is 11.4. The van der Waals surface area contributed by atoms with Gasteiger partial charge in [0.15, 0.2) is 18.8 Å². The van der Waals surface area contributed by atoms with Crippen LogP contribution in [0, 0.1) is 5.92 Å². The van der Waals surface area contributed by atoms with Gasteiger partial charge >= 0.3 is 0 Å². The van der Waals surface area contributed by atoms with Crippen molar-refractivity contribution in [3.8, 4) is 17.2 Å². The van der Waals surface area contributed by atoms with Gasteiger partial charge in [0, 0.05) is 29.4 Å². The summed E-state index contributed by atoms with van der Waals surface area (Å²) in [6.45, 7) is 6.66. The zero-order chi connectivity index (χ0) is 48.5. The zero-order valence-electron chi connectivity index (χ0n) is 39.5. The quantitative estimate of drug-likeness (QED) is 0.136. The monoisotopic (exact) mass is 954 g/mol. The maximum Gasteiger partial charge on any atom is 0.269 e. The van der Waals surface area contributed by atoms with Crippen LogP contribution in [0.5, 0.6) is 17.2 Å². The summed E-state index contributed by atoms with van der Waals surface area (Å²) in [5.41, 5.74) is 4.68. The van der Waals surface area contributed by atoms with Gasteiger partial charge in [0.2, 0.25) is 5.91 Å². The molecule has 4 amide bonds. The molecule has 6 aromatic rings. The van der Waals surface area contributed by atoms with Crippen LogP contribution >= 0.6 is 0 Å². The molecular weight excluding hydrogens is 901 g/mol. The number of para-hydroxylation sites is 4. The summed E-state index contributed by atoms with van der Waals surface area (Å²) in [7, 11) is -1.08. The van der Waals surface area contributed by atoms with E-state index in [4.69, 9.17) is 18.9 Å². The standard InChI is InChI=1S/C56H54N4O9Si/c1-35-54(70(3,4)43-23-21-42(66-2)22-24-43)50(29-51(62)57-31-38-14-6-5-13-37(38)27-41(57)32-61)69-56(35)44-28-40(60-47-17-8-10-19-49(47)68-34-53(60)64)20-25-45(44)58(55(56)65)30-36-12-11-15-39(26-36)59-46-16-7-9-18-48(46)67-33-52(59)63/h5-26,28,35,41,50,54,61H,27,29-34H2,1-4H3/t35-,41+,50+,54-,56+/m1/s1. The fourth-order valence-electron chi connectivity index (χ4n) is 11.9. The van der Waals surface area contributed by atoms with Crippen LogP contribution in [0.15, 0.2) is 140 Å². The normalized spacial score (nSPS) is 22.6. The molecule has 5 aliphatic rings. The average molecular weight is 955 g/mol. The van der Waals surface area contributed by atoms with Crippen molar-refractivity contribution in [3.63, 3.8) is 0 Å². The Morgan fingerprint density at radius 2 is 1.37 bits per heavy atom. The van der Waals surface area contributed by atoms with Crippen molar-refractivity contribution in [1.82, 2.24) is 4.90 Å². The van der Waals surface area contributed by atoms with Crippen LogP contribution in [-0.4, -0.2) is 80.8 Å². The first-order chi connectivity index (χ1) is 33.9. The van der Waals surface area contributed by atoms with E-state index in [2.05, 4.69) is 32.2 Å². The van der Waals surface area contributed by atoms with Crippen LogP contribution in [0.3, 0.4) is 0 Å². The van der Waals surface area contributed by atoms with Crippen molar-refractivity contribution < 1.29 is 43.2 Å². The highest BCUT2D eigenvalue weighted by Crippen LogP contribution is 2.61. The summed E-state index contributed by atoms with van der Waals surface area (Å²) in [5.74, 6) is 0.499. The summed E-state index contributed by atoms with van der Waals surface area (Å²) in [6, 6.07) is 43.8. The minimum absolute atomic E-state index is 0.0171. The van der Waals surface area contributed by atoms with Crippen molar-refractivity contribution in [2.45, 2.75) is 69.2 Å². The predicted octanol–water partition coefficient (Wildman–Crippen LogP) is 7.91. The minimum atomic E-state index is -2.71. The van der Waals surface area contributed by atoms with Crippen LogP contribution in [0.1, 0.15) is 35.6 Å². The maximum absolute atomic E-state index is 16.1. The molecule has 6 aromatic carbocycles. The number of aliphatic hydroxyl groups is 1. The summed E-state index contributed by atoms with van der Waals surface area (Å²) in [5, 5.41) is 11.8. The largest absolute Gasteiger partial charge is 0.497 e. The SMILES string of the molecule is COc1ccc([Si](C)(C)[C@H]2[C@H](CC(=O)N3Cc4ccccc4C[C@H]3CO)O[C@@]3(C(=O)N(Cc4cccc(N5C(=O)COc6ccccc65)c4)c4ccc(N5C(=O)COc6ccccc65)cc43)[C@@H]2C)cc1. The summed E-state index contributed by atoms with van der Waals surface area (Å²) in [4.78, 5) is 65.3. The van der Waals surface area contributed by atoms with E-state index in [9.17, 15) is 19.5 Å². The van der Waals surface area contributed by atoms with Gasteiger partial charge in [-0.25, -0.2) is 0 Å². The molecule has 0 bridgehead atoms. The molecule has 0 aliphatic carbocycles. The van der Waals surface area contributed by atoms with E-state index in [0.29, 0.717) is 58.5 Å². The highest BCUT2D eigenvalue weighted by Gasteiger charge is 2.67. The van der Waals surface area contributed by atoms with Gasteiger partial charge in [0.1, 0.15) is 17.2 Å². The third-order valence-corrected chi connectivity index (χ3v) is 19.6. The van der Waals surface area contributed by atoms with E-state index >= 15 is 4.79 Å². The molecule has 0 saturated carbocycles. The van der Waals surface area contributed by atoms with E-state index in [1.54, 1.807) is 26.7 Å². The first-order valence-corrected chi connectivity index (χ1v) is 26.9. The van der Waals surface area contributed by atoms with Crippen LogP contribution in [0.2, 0.25) is 18.6 Å². The van der Waals surface area contributed by atoms with Crippen LogP contribution in [0.25, 0.3) is 0 Å². The Labute approximate surface area is 407 Å². The molecule has 0 radical (unpaired) electrons. The highest BCUT2D eigenvalue weighted by atomic mass is 28.3. The van der Waals surface area contributed by atoms with Crippen molar-refractivity contribution >= 4 is 65.3 Å². The molecule has 0 aromatic heterocycles. The van der Waals surface area contributed by atoms with E-state index < -0.39 is 31.7 Å². The molecule has 14 heteroatoms. The average Bonchev–Trinajstić information content (AvgIpc) is 3.80. The van der Waals surface area contributed by atoms with Crippen LogP contribution in [-0.2, 0) is 49.0 Å². The number of nitrogens with zero attached hydrogens (tertiary/aromatic N) is 4. The van der Waals surface area contributed by atoms with Gasteiger partial charge in [-0.1, -0.05) is 98.0 Å². The molecule has 1 N–H and O–H groups in total. The van der Waals surface area contributed by atoms with Crippen LogP contribution in [0.4, 0.5) is 28.4 Å². The number of methoxy groups -OCH3 is 1. The number of fused-ring (bicyclic) bond motifs is 5. The number of carbonyl (C=O) groups excluding carboxylic acids is 4. The number of amides is 4. The first-order valence-electron chi connectivity index (χ1n) is 23.9. The Morgan fingerprint density at radius 1 is 0.743 bits per heavy atom. The molecule has 13 nitrogen and oxygen atoms in total.